The fourth-order valence-electron chi connectivity index (χ4n) is 4.75. The molecule has 0 radical (unpaired) electrons. The highest BCUT2D eigenvalue weighted by molar-refractivity contribution is 5.68. The zero-order chi connectivity index (χ0) is 21.8. The molecule has 4 rings (SSSR count). The van der Waals surface area contributed by atoms with Crippen LogP contribution in [0.5, 0.6) is 0 Å². The predicted octanol–water partition coefficient (Wildman–Crippen LogP) is 4.45. The number of hydrogen-bond acceptors (Lipinski definition) is 4. The quantitative estimate of drug-likeness (QED) is 0.775. The summed E-state index contributed by atoms with van der Waals surface area (Å²) < 4.78 is 5.70. The molecule has 5 nitrogen and oxygen atoms in total. The van der Waals surface area contributed by atoms with E-state index < -0.39 is 5.60 Å². The summed E-state index contributed by atoms with van der Waals surface area (Å²) in [5.74, 6) is 0. The molecule has 1 amide bonds. The first-order valence-electron chi connectivity index (χ1n) is 11.5. The Morgan fingerprint density at radius 3 is 2.13 bits per heavy atom. The van der Waals surface area contributed by atoms with E-state index in [0.717, 1.165) is 32.5 Å². The lowest BCUT2D eigenvalue weighted by molar-refractivity contribution is -0.00499. The molecule has 2 saturated heterocycles. The van der Waals surface area contributed by atoms with Crippen molar-refractivity contribution in [3.05, 3.63) is 71.8 Å². The third kappa shape index (κ3) is 5.28. The molecule has 2 fully saturated rings. The number of carbonyl (C=O) groups is 1. The van der Waals surface area contributed by atoms with Crippen LogP contribution in [0.1, 0.15) is 50.8 Å². The van der Waals surface area contributed by atoms with E-state index in [1.165, 1.54) is 11.1 Å². The number of likely N-dealkylation sites (tertiary alicyclic amines) is 1. The summed E-state index contributed by atoms with van der Waals surface area (Å²) in [4.78, 5) is 17.4. The Hall–Kier alpha value is -2.37. The monoisotopic (exact) mass is 421 g/mol. The number of benzene rings is 2. The molecule has 0 spiro atoms. The van der Waals surface area contributed by atoms with Crippen molar-refractivity contribution < 1.29 is 9.53 Å². The Morgan fingerprint density at radius 1 is 1.00 bits per heavy atom. The smallest absolute Gasteiger partial charge is 0.410 e. The van der Waals surface area contributed by atoms with Gasteiger partial charge in [0.15, 0.2) is 0 Å². The first-order chi connectivity index (χ1) is 14.9. The maximum Gasteiger partial charge on any atom is 0.410 e. The maximum atomic E-state index is 12.8. The van der Waals surface area contributed by atoms with Crippen molar-refractivity contribution in [3.8, 4) is 0 Å². The van der Waals surface area contributed by atoms with Crippen molar-refractivity contribution in [2.24, 2.45) is 0 Å². The molecule has 31 heavy (non-hydrogen) atoms. The lowest BCUT2D eigenvalue weighted by Gasteiger charge is -2.49. The fraction of sp³-hybridized carbons (Fsp3) is 0.500. The van der Waals surface area contributed by atoms with Crippen LogP contribution >= 0.6 is 0 Å². The maximum absolute atomic E-state index is 12.8. The Morgan fingerprint density at radius 2 is 1.61 bits per heavy atom. The lowest BCUT2D eigenvalue weighted by atomic mass is 9.87. The normalized spacial score (nSPS) is 22.3. The Kier molecular flexibility index (Phi) is 6.63. The van der Waals surface area contributed by atoms with Crippen molar-refractivity contribution in [2.75, 3.05) is 26.2 Å². The van der Waals surface area contributed by atoms with Crippen molar-refractivity contribution in [3.63, 3.8) is 0 Å². The average Bonchev–Trinajstić information content (AvgIpc) is 2.75. The largest absolute Gasteiger partial charge is 0.444 e. The van der Waals surface area contributed by atoms with E-state index >= 15 is 0 Å². The number of piperazine rings is 1. The number of carbonyl (C=O) groups excluding carboxylic acids is 1. The highest BCUT2D eigenvalue weighted by Crippen LogP contribution is 2.37. The van der Waals surface area contributed by atoms with Gasteiger partial charge >= 0.3 is 6.09 Å². The lowest BCUT2D eigenvalue weighted by Crippen LogP contribution is -2.59. The van der Waals surface area contributed by atoms with Crippen molar-refractivity contribution >= 4 is 6.09 Å². The Bertz CT molecular complexity index is 810. The second-order valence-electron chi connectivity index (χ2n) is 9.67. The Labute approximate surface area is 186 Å². The van der Waals surface area contributed by atoms with Gasteiger partial charge in [0.2, 0.25) is 0 Å². The summed E-state index contributed by atoms with van der Waals surface area (Å²) in [6.45, 7) is 9.21. The zero-order valence-corrected chi connectivity index (χ0v) is 19.0. The van der Waals surface area contributed by atoms with E-state index in [9.17, 15) is 4.79 Å². The number of amides is 1. The van der Waals surface area contributed by atoms with Gasteiger partial charge in [-0.25, -0.2) is 4.79 Å². The molecule has 166 valence electrons. The van der Waals surface area contributed by atoms with Crippen LogP contribution in [-0.4, -0.2) is 59.8 Å². The van der Waals surface area contributed by atoms with Crippen LogP contribution < -0.4 is 5.32 Å². The van der Waals surface area contributed by atoms with Gasteiger partial charge < -0.3 is 15.0 Å². The van der Waals surface area contributed by atoms with E-state index in [4.69, 9.17) is 4.74 Å². The van der Waals surface area contributed by atoms with Crippen LogP contribution in [0.3, 0.4) is 0 Å². The standard InChI is InChI=1S/C26H35N3O2/c1-26(2,3)31-25(30)29-17-15-27-19-23(29)18-22-14-16-28(22)24(20-10-6-4-7-11-20)21-12-8-5-9-13-21/h4-13,22-24,27H,14-19H2,1-3H3/t22?,23-/m1/s1. The van der Waals surface area contributed by atoms with E-state index in [1.807, 2.05) is 25.7 Å². The summed E-state index contributed by atoms with van der Waals surface area (Å²) in [5, 5.41) is 3.48. The first-order valence-corrected chi connectivity index (χ1v) is 11.5. The van der Waals surface area contributed by atoms with Gasteiger partial charge in [0.1, 0.15) is 5.60 Å². The van der Waals surface area contributed by atoms with Gasteiger partial charge in [-0.15, -0.1) is 0 Å². The molecule has 1 N–H and O–H groups in total. The summed E-state index contributed by atoms with van der Waals surface area (Å²) >= 11 is 0. The minimum atomic E-state index is -0.471. The van der Waals surface area contributed by atoms with Gasteiger partial charge in [0.25, 0.3) is 0 Å². The summed E-state index contributed by atoms with van der Waals surface area (Å²) in [6.07, 6.45) is 1.93. The number of ether oxygens (including phenoxy) is 1. The van der Waals surface area contributed by atoms with Gasteiger partial charge in [-0.1, -0.05) is 60.7 Å². The average molecular weight is 422 g/mol. The molecular formula is C26H35N3O2. The van der Waals surface area contributed by atoms with Crippen LogP contribution in [0, 0.1) is 0 Å². The molecule has 0 saturated carbocycles. The summed E-state index contributed by atoms with van der Waals surface area (Å²) in [5.41, 5.74) is 2.18. The van der Waals surface area contributed by atoms with Crippen LogP contribution in [0.2, 0.25) is 0 Å². The molecular weight excluding hydrogens is 386 g/mol. The van der Waals surface area contributed by atoms with Crippen LogP contribution in [0.4, 0.5) is 4.79 Å². The van der Waals surface area contributed by atoms with E-state index in [0.29, 0.717) is 12.6 Å². The van der Waals surface area contributed by atoms with Gasteiger partial charge in [0, 0.05) is 38.3 Å². The van der Waals surface area contributed by atoms with Gasteiger partial charge in [-0.2, -0.15) is 0 Å². The minimum Gasteiger partial charge on any atom is -0.444 e. The number of nitrogens with one attached hydrogen (secondary N) is 1. The topological polar surface area (TPSA) is 44.8 Å². The molecule has 1 unspecified atom stereocenters. The second kappa shape index (κ2) is 9.41. The van der Waals surface area contributed by atoms with Crippen molar-refractivity contribution in [1.82, 2.24) is 15.1 Å². The molecule has 2 aromatic rings. The number of hydrogen-bond donors (Lipinski definition) is 1. The fourth-order valence-corrected chi connectivity index (χ4v) is 4.75. The molecule has 2 atom stereocenters. The van der Waals surface area contributed by atoms with Gasteiger partial charge in [-0.3, -0.25) is 4.90 Å². The third-order valence-corrected chi connectivity index (χ3v) is 6.27. The van der Waals surface area contributed by atoms with Gasteiger partial charge in [-0.05, 0) is 44.7 Å². The van der Waals surface area contributed by atoms with E-state index in [1.54, 1.807) is 0 Å². The molecule has 2 aliphatic rings. The SMILES string of the molecule is CC(C)(C)OC(=O)N1CCNC[C@H]1CC1CCN1C(c1ccccc1)c1ccccc1. The molecule has 2 aromatic carbocycles. The molecule has 0 bridgehead atoms. The second-order valence-corrected chi connectivity index (χ2v) is 9.67. The van der Waals surface area contributed by atoms with Crippen LogP contribution in [0.25, 0.3) is 0 Å². The van der Waals surface area contributed by atoms with E-state index in [2.05, 4.69) is 70.9 Å². The summed E-state index contributed by atoms with van der Waals surface area (Å²) in [7, 11) is 0. The molecule has 0 aromatic heterocycles. The first kappa shape index (κ1) is 21.8. The van der Waals surface area contributed by atoms with Crippen molar-refractivity contribution in [1.29, 1.82) is 0 Å². The predicted molar refractivity (Wildman–Crippen MR) is 124 cm³/mol. The molecule has 5 heteroatoms. The molecule has 2 heterocycles. The Balaban J connectivity index is 1.51. The highest BCUT2D eigenvalue weighted by Gasteiger charge is 2.39. The van der Waals surface area contributed by atoms with Crippen LogP contribution in [0.15, 0.2) is 60.7 Å². The summed E-state index contributed by atoms with van der Waals surface area (Å²) in [6, 6.07) is 22.4. The third-order valence-electron chi connectivity index (χ3n) is 6.27. The van der Waals surface area contributed by atoms with Crippen LogP contribution in [-0.2, 0) is 4.74 Å². The van der Waals surface area contributed by atoms with Gasteiger partial charge in [0.05, 0.1) is 6.04 Å². The number of rotatable bonds is 5. The minimum absolute atomic E-state index is 0.156. The highest BCUT2D eigenvalue weighted by atomic mass is 16.6. The van der Waals surface area contributed by atoms with Crippen molar-refractivity contribution in [2.45, 2.75) is 57.3 Å². The molecule has 0 aliphatic carbocycles. The molecule has 2 aliphatic heterocycles. The number of nitrogens with zero attached hydrogens (tertiary/aromatic N) is 2. The zero-order valence-electron chi connectivity index (χ0n) is 19.0. The van der Waals surface area contributed by atoms with E-state index in [-0.39, 0.29) is 18.2 Å².